The summed E-state index contributed by atoms with van der Waals surface area (Å²) in [5.74, 6) is 1.04. The Bertz CT molecular complexity index is 540. The van der Waals surface area contributed by atoms with Crippen molar-refractivity contribution in [1.82, 2.24) is 5.32 Å². The maximum Gasteiger partial charge on any atom is 0.148 e. The fourth-order valence-electron chi connectivity index (χ4n) is 2.53. The maximum absolute atomic E-state index is 11.2. The normalized spacial score (nSPS) is 18.9. The number of nitrogens with one attached hydrogen (secondary N) is 1. The lowest BCUT2D eigenvalue weighted by molar-refractivity contribution is 0.409. The van der Waals surface area contributed by atoms with E-state index in [1.165, 1.54) is 17.4 Å². The van der Waals surface area contributed by atoms with E-state index in [0.717, 1.165) is 25.0 Å². The maximum atomic E-state index is 11.2. The topological polar surface area (TPSA) is 55.4 Å². The number of sulfone groups is 1. The van der Waals surface area contributed by atoms with Gasteiger partial charge in [-0.05, 0) is 42.5 Å². The van der Waals surface area contributed by atoms with Gasteiger partial charge in [-0.25, -0.2) is 8.42 Å². The van der Waals surface area contributed by atoms with Crippen LogP contribution in [0.2, 0.25) is 0 Å². The average Bonchev–Trinajstić information content (AvgIpc) is 2.37. The lowest BCUT2D eigenvalue weighted by Gasteiger charge is -2.27. The van der Waals surface area contributed by atoms with Gasteiger partial charge in [0.1, 0.15) is 15.6 Å². The Hall–Kier alpha value is -1.07. The van der Waals surface area contributed by atoms with E-state index in [-0.39, 0.29) is 11.8 Å². The van der Waals surface area contributed by atoms with Crippen LogP contribution in [0.1, 0.15) is 30.0 Å². The van der Waals surface area contributed by atoms with Crippen LogP contribution in [-0.4, -0.2) is 34.1 Å². The molecule has 0 bridgehead atoms. The van der Waals surface area contributed by atoms with Crippen LogP contribution in [0.4, 0.5) is 0 Å². The van der Waals surface area contributed by atoms with Crippen molar-refractivity contribution in [2.45, 2.75) is 25.3 Å². The van der Waals surface area contributed by atoms with Crippen LogP contribution in [0.15, 0.2) is 18.2 Å². The largest absolute Gasteiger partial charge is 0.497 e. The Kier molecular flexibility index (Phi) is 4.47. The van der Waals surface area contributed by atoms with Crippen LogP contribution in [0.25, 0.3) is 0 Å². The molecule has 2 rings (SSSR count). The van der Waals surface area contributed by atoms with E-state index in [4.69, 9.17) is 4.74 Å². The number of hydrogen-bond donors (Lipinski definition) is 1. The SMILES string of the molecule is COc1ccc2c(c1)C(NCCS(C)(=O)=O)CCC2. The van der Waals surface area contributed by atoms with Crippen molar-refractivity contribution in [3.05, 3.63) is 29.3 Å². The van der Waals surface area contributed by atoms with Gasteiger partial charge in [-0.15, -0.1) is 0 Å². The number of fused-ring (bicyclic) bond motifs is 1. The van der Waals surface area contributed by atoms with E-state index in [1.807, 2.05) is 6.07 Å². The molecule has 1 aliphatic rings. The molecule has 19 heavy (non-hydrogen) atoms. The van der Waals surface area contributed by atoms with Crippen molar-refractivity contribution in [3.63, 3.8) is 0 Å². The highest BCUT2D eigenvalue weighted by Crippen LogP contribution is 2.32. The summed E-state index contributed by atoms with van der Waals surface area (Å²) in [5.41, 5.74) is 2.59. The van der Waals surface area contributed by atoms with Gasteiger partial charge in [0.25, 0.3) is 0 Å². The van der Waals surface area contributed by atoms with Gasteiger partial charge in [0, 0.05) is 18.8 Å². The molecule has 0 radical (unpaired) electrons. The van der Waals surface area contributed by atoms with E-state index in [0.29, 0.717) is 6.54 Å². The molecule has 106 valence electrons. The minimum absolute atomic E-state index is 0.183. The molecule has 0 fully saturated rings. The number of ether oxygens (including phenoxy) is 1. The molecule has 1 unspecified atom stereocenters. The van der Waals surface area contributed by atoms with Crippen LogP contribution in [0.5, 0.6) is 5.75 Å². The number of methoxy groups -OCH3 is 1. The van der Waals surface area contributed by atoms with E-state index in [1.54, 1.807) is 7.11 Å². The number of rotatable bonds is 5. The van der Waals surface area contributed by atoms with Crippen molar-refractivity contribution in [3.8, 4) is 5.75 Å². The molecule has 4 nitrogen and oxygen atoms in total. The van der Waals surface area contributed by atoms with Gasteiger partial charge in [-0.1, -0.05) is 6.07 Å². The van der Waals surface area contributed by atoms with E-state index in [9.17, 15) is 8.42 Å². The quantitative estimate of drug-likeness (QED) is 0.894. The molecule has 0 spiro atoms. The van der Waals surface area contributed by atoms with Crippen LogP contribution in [0, 0.1) is 0 Å². The molecule has 0 amide bonds. The Morgan fingerprint density at radius 3 is 2.89 bits per heavy atom. The molecule has 1 aromatic carbocycles. The summed E-state index contributed by atoms with van der Waals surface area (Å²) in [5, 5.41) is 3.35. The van der Waals surface area contributed by atoms with Gasteiger partial charge in [0.15, 0.2) is 0 Å². The first kappa shape index (κ1) is 14.3. The van der Waals surface area contributed by atoms with Crippen molar-refractivity contribution in [1.29, 1.82) is 0 Å². The Morgan fingerprint density at radius 2 is 2.21 bits per heavy atom. The highest BCUT2D eigenvalue weighted by molar-refractivity contribution is 7.90. The van der Waals surface area contributed by atoms with Crippen LogP contribution >= 0.6 is 0 Å². The molecular weight excluding hydrogens is 262 g/mol. The van der Waals surface area contributed by atoms with Gasteiger partial charge < -0.3 is 10.1 Å². The summed E-state index contributed by atoms with van der Waals surface area (Å²) in [6.45, 7) is 0.500. The zero-order chi connectivity index (χ0) is 13.9. The fraction of sp³-hybridized carbons (Fsp3) is 0.571. The first-order chi connectivity index (χ1) is 8.99. The molecule has 1 aromatic rings. The van der Waals surface area contributed by atoms with E-state index in [2.05, 4.69) is 17.4 Å². The summed E-state index contributed by atoms with van der Waals surface area (Å²) in [6, 6.07) is 6.39. The predicted molar refractivity (Wildman–Crippen MR) is 76.4 cm³/mol. The van der Waals surface area contributed by atoms with Crippen LogP contribution < -0.4 is 10.1 Å². The highest BCUT2D eigenvalue weighted by atomic mass is 32.2. The molecule has 0 heterocycles. The summed E-state index contributed by atoms with van der Waals surface area (Å²) in [4.78, 5) is 0. The molecular formula is C14H21NO3S. The van der Waals surface area contributed by atoms with Gasteiger partial charge in [-0.3, -0.25) is 0 Å². The second kappa shape index (κ2) is 5.92. The molecule has 0 saturated carbocycles. The average molecular weight is 283 g/mol. The zero-order valence-electron chi connectivity index (χ0n) is 11.5. The molecule has 5 heteroatoms. The molecule has 1 N–H and O–H groups in total. The zero-order valence-corrected chi connectivity index (χ0v) is 12.3. The Balaban J connectivity index is 2.08. The van der Waals surface area contributed by atoms with Crippen molar-refractivity contribution in [2.24, 2.45) is 0 Å². The van der Waals surface area contributed by atoms with Crippen molar-refractivity contribution in [2.75, 3.05) is 25.7 Å². The van der Waals surface area contributed by atoms with E-state index < -0.39 is 9.84 Å². The minimum Gasteiger partial charge on any atom is -0.497 e. The first-order valence-electron chi connectivity index (χ1n) is 6.57. The molecule has 1 aliphatic carbocycles. The molecule has 0 saturated heterocycles. The summed E-state index contributed by atoms with van der Waals surface area (Å²) in [7, 11) is -1.24. The van der Waals surface area contributed by atoms with Gasteiger partial charge >= 0.3 is 0 Å². The van der Waals surface area contributed by atoms with Crippen molar-refractivity contribution >= 4 is 9.84 Å². The van der Waals surface area contributed by atoms with E-state index >= 15 is 0 Å². The number of benzene rings is 1. The molecule has 0 aliphatic heterocycles. The van der Waals surface area contributed by atoms with Crippen LogP contribution in [-0.2, 0) is 16.3 Å². The Morgan fingerprint density at radius 1 is 1.42 bits per heavy atom. The second-order valence-electron chi connectivity index (χ2n) is 5.09. The Labute approximate surface area is 115 Å². The minimum atomic E-state index is -2.90. The molecule has 1 atom stereocenters. The summed E-state index contributed by atoms with van der Waals surface area (Å²) < 4.78 is 27.6. The van der Waals surface area contributed by atoms with Gasteiger partial charge in [0.2, 0.25) is 0 Å². The fourth-order valence-corrected chi connectivity index (χ4v) is 3.02. The lowest BCUT2D eigenvalue weighted by atomic mass is 9.87. The highest BCUT2D eigenvalue weighted by Gasteiger charge is 2.20. The molecule has 0 aromatic heterocycles. The van der Waals surface area contributed by atoms with Crippen molar-refractivity contribution < 1.29 is 13.2 Å². The smallest absolute Gasteiger partial charge is 0.148 e. The summed E-state index contributed by atoms with van der Waals surface area (Å²) in [6.07, 6.45) is 4.54. The third-order valence-corrected chi connectivity index (χ3v) is 4.48. The van der Waals surface area contributed by atoms with Gasteiger partial charge in [0.05, 0.1) is 12.9 Å². The predicted octanol–water partition coefficient (Wildman–Crippen LogP) is 1.71. The summed E-state index contributed by atoms with van der Waals surface area (Å²) >= 11 is 0. The standard InChI is InChI=1S/C14H21NO3S/c1-18-12-7-6-11-4-3-5-14(13(11)10-12)15-8-9-19(2,16)17/h6-7,10,14-15H,3-5,8-9H2,1-2H3. The lowest BCUT2D eigenvalue weighted by Crippen LogP contribution is -2.29. The number of hydrogen-bond acceptors (Lipinski definition) is 4. The van der Waals surface area contributed by atoms with Gasteiger partial charge in [-0.2, -0.15) is 0 Å². The second-order valence-corrected chi connectivity index (χ2v) is 7.35. The first-order valence-corrected chi connectivity index (χ1v) is 8.63. The monoisotopic (exact) mass is 283 g/mol. The number of aryl methyl sites for hydroxylation is 1. The third kappa shape index (κ3) is 3.94. The van der Waals surface area contributed by atoms with Crippen LogP contribution in [0.3, 0.4) is 0 Å². The third-order valence-electron chi connectivity index (χ3n) is 3.53.